The third-order valence-corrected chi connectivity index (χ3v) is 4.01. The maximum Gasteiger partial charge on any atom is 0.266 e. The third kappa shape index (κ3) is 3.96. The molecule has 0 aliphatic carbocycles. The number of carbonyl (C=O) groups is 1. The van der Waals surface area contributed by atoms with Gasteiger partial charge >= 0.3 is 0 Å². The normalized spacial score (nSPS) is 11.1. The molecule has 0 heterocycles. The molecule has 3 rings (SSSR count). The van der Waals surface area contributed by atoms with E-state index < -0.39 is 11.7 Å². The number of hydrogen-bond acceptors (Lipinski definition) is 3. The van der Waals surface area contributed by atoms with Crippen LogP contribution in [0, 0.1) is 17.1 Å². The molecule has 0 fully saturated rings. The molecule has 0 spiro atoms. The highest BCUT2D eigenvalue weighted by molar-refractivity contribution is 6.11. The van der Waals surface area contributed by atoms with Crippen molar-refractivity contribution in [3.05, 3.63) is 77.6 Å². The van der Waals surface area contributed by atoms with Crippen molar-refractivity contribution < 1.29 is 13.9 Å². The standard InChI is InChI=1S/C22H17FN2O2/c1-2-27-21-12-11-15-7-3-4-8-17(15)18(21)13-16(14-24)22(26)25-20-10-6-5-9-19(20)23/h3-13H,2H2,1H3,(H,25,26)/b16-13+. The molecule has 0 aromatic heterocycles. The molecular formula is C22H17FN2O2. The van der Waals surface area contributed by atoms with E-state index >= 15 is 0 Å². The summed E-state index contributed by atoms with van der Waals surface area (Å²) >= 11 is 0. The van der Waals surface area contributed by atoms with Crippen LogP contribution < -0.4 is 10.1 Å². The average molecular weight is 360 g/mol. The molecule has 0 atom stereocenters. The first-order valence-corrected chi connectivity index (χ1v) is 8.46. The highest BCUT2D eigenvalue weighted by atomic mass is 19.1. The number of hydrogen-bond donors (Lipinski definition) is 1. The highest BCUT2D eigenvalue weighted by Gasteiger charge is 2.14. The van der Waals surface area contributed by atoms with Crippen molar-refractivity contribution in [1.29, 1.82) is 5.26 Å². The van der Waals surface area contributed by atoms with Gasteiger partial charge in [0.25, 0.3) is 5.91 Å². The Labute approximate surface area is 156 Å². The van der Waals surface area contributed by atoms with Crippen molar-refractivity contribution in [2.24, 2.45) is 0 Å². The quantitative estimate of drug-likeness (QED) is 0.519. The second-order valence-electron chi connectivity index (χ2n) is 5.74. The first kappa shape index (κ1) is 18.2. The van der Waals surface area contributed by atoms with Crippen LogP contribution in [0.15, 0.2) is 66.2 Å². The predicted octanol–water partition coefficient (Wildman–Crippen LogP) is 4.92. The zero-order chi connectivity index (χ0) is 19.2. The zero-order valence-electron chi connectivity index (χ0n) is 14.7. The van der Waals surface area contributed by atoms with Crippen molar-refractivity contribution in [3.8, 4) is 11.8 Å². The highest BCUT2D eigenvalue weighted by Crippen LogP contribution is 2.30. The second kappa shape index (κ2) is 8.15. The van der Waals surface area contributed by atoms with E-state index in [-0.39, 0.29) is 11.3 Å². The van der Waals surface area contributed by atoms with Gasteiger partial charge in [-0.1, -0.05) is 42.5 Å². The van der Waals surface area contributed by atoms with Crippen LogP contribution in [0.1, 0.15) is 12.5 Å². The van der Waals surface area contributed by atoms with Crippen molar-refractivity contribution >= 4 is 28.4 Å². The van der Waals surface area contributed by atoms with Gasteiger partial charge in [0.2, 0.25) is 0 Å². The van der Waals surface area contributed by atoms with Gasteiger partial charge in [-0.3, -0.25) is 4.79 Å². The van der Waals surface area contributed by atoms with E-state index in [0.717, 1.165) is 10.8 Å². The van der Waals surface area contributed by atoms with E-state index in [0.29, 0.717) is 17.9 Å². The number of ether oxygens (including phenoxy) is 1. The van der Waals surface area contributed by atoms with E-state index in [1.165, 1.54) is 24.3 Å². The molecule has 0 unspecified atom stereocenters. The molecule has 0 aliphatic heterocycles. The Morgan fingerprint density at radius 1 is 1.15 bits per heavy atom. The Bertz CT molecular complexity index is 1070. The van der Waals surface area contributed by atoms with E-state index in [2.05, 4.69) is 5.32 Å². The van der Waals surface area contributed by atoms with Crippen LogP contribution in [0.25, 0.3) is 16.8 Å². The van der Waals surface area contributed by atoms with Gasteiger partial charge in [-0.15, -0.1) is 0 Å². The predicted molar refractivity (Wildman–Crippen MR) is 104 cm³/mol. The van der Waals surface area contributed by atoms with Gasteiger partial charge in [-0.05, 0) is 42.0 Å². The fourth-order valence-corrected chi connectivity index (χ4v) is 2.75. The number of rotatable bonds is 5. The molecule has 0 bridgehead atoms. The Balaban J connectivity index is 2.05. The van der Waals surface area contributed by atoms with Gasteiger partial charge in [0.15, 0.2) is 0 Å². The Morgan fingerprint density at radius 3 is 2.63 bits per heavy atom. The van der Waals surface area contributed by atoms with Gasteiger partial charge in [-0.25, -0.2) is 4.39 Å². The molecule has 3 aromatic rings. The minimum atomic E-state index is -0.682. The summed E-state index contributed by atoms with van der Waals surface area (Å²) in [6.07, 6.45) is 1.48. The first-order valence-electron chi connectivity index (χ1n) is 8.46. The molecule has 1 N–H and O–H groups in total. The van der Waals surface area contributed by atoms with Gasteiger partial charge in [0, 0.05) is 5.56 Å². The number of carbonyl (C=O) groups excluding carboxylic acids is 1. The summed E-state index contributed by atoms with van der Waals surface area (Å²) in [4.78, 5) is 12.5. The molecule has 3 aromatic carbocycles. The molecule has 5 heteroatoms. The maximum atomic E-state index is 13.8. The van der Waals surface area contributed by atoms with E-state index in [1.54, 1.807) is 12.1 Å². The summed E-state index contributed by atoms with van der Waals surface area (Å²) in [6, 6.07) is 19.0. The number of fused-ring (bicyclic) bond motifs is 1. The monoisotopic (exact) mass is 360 g/mol. The third-order valence-electron chi connectivity index (χ3n) is 4.01. The largest absolute Gasteiger partial charge is 0.493 e. The number of nitrogens with zero attached hydrogens (tertiary/aromatic N) is 1. The van der Waals surface area contributed by atoms with Crippen LogP contribution in [-0.2, 0) is 4.79 Å². The van der Waals surface area contributed by atoms with Crippen molar-refractivity contribution in [1.82, 2.24) is 0 Å². The number of anilines is 1. The SMILES string of the molecule is CCOc1ccc2ccccc2c1/C=C(\C#N)C(=O)Nc1ccccc1F. The number of nitrogens with one attached hydrogen (secondary N) is 1. The number of amides is 1. The zero-order valence-corrected chi connectivity index (χ0v) is 14.7. The summed E-state index contributed by atoms with van der Waals surface area (Å²) < 4.78 is 19.4. The van der Waals surface area contributed by atoms with Crippen LogP contribution >= 0.6 is 0 Å². The average Bonchev–Trinajstić information content (AvgIpc) is 2.69. The van der Waals surface area contributed by atoms with E-state index in [4.69, 9.17) is 4.74 Å². The van der Waals surface area contributed by atoms with Gasteiger partial charge in [0.05, 0.1) is 12.3 Å². The summed E-state index contributed by atoms with van der Waals surface area (Å²) in [5.41, 5.74) is 0.511. The minimum absolute atomic E-state index is 0.0200. The lowest BCUT2D eigenvalue weighted by Gasteiger charge is -2.11. The second-order valence-corrected chi connectivity index (χ2v) is 5.74. The van der Waals surface area contributed by atoms with Crippen LogP contribution in [0.4, 0.5) is 10.1 Å². The topological polar surface area (TPSA) is 62.1 Å². The molecule has 4 nitrogen and oxygen atoms in total. The molecule has 27 heavy (non-hydrogen) atoms. The number of nitriles is 1. The molecule has 0 saturated heterocycles. The molecule has 134 valence electrons. The molecular weight excluding hydrogens is 343 g/mol. The van der Waals surface area contributed by atoms with Crippen LogP contribution in [0.2, 0.25) is 0 Å². The summed E-state index contributed by atoms with van der Waals surface area (Å²) in [5, 5.41) is 13.7. The smallest absolute Gasteiger partial charge is 0.266 e. The van der Waals surface area contributed by atoms with Crippen LogP contribution in [0.5, 0.6) is 5.75 Å². The Kier molecular flexibility index (Phi) is 5.48. The molecule has 1 amide bonds. The molecule has 0 radical (unpaired) electrons. The summed E-state index contributed by atoms with van der Waals surface area (Å²) in [7, 11) is 0. The van der Waals surface area contributed by atoms with Crippen molar-refractivity contribution in [3.63, 3.8) is 0 Å². The molecule has 0 saturated carbocycles. The van der Waals surface area contributed by atoms with Crippen molar-refractivity contribution in [2.75, 3.05) is 11.9 Å². The number of benzene rings is 3. The lowest BCUT2D eigenvalue weighted by molar-refractivity contribution is -0.112. The maximum absolute atomic E-state index is 13.8. The van der Waals surface area contributed by atoms with Gasteiger partial charge in [0.1, 0.15) is 23.2 Å². The lowest BCUT2D eigenvalue weighted by atomic mass is 10.0. The van der Waals surface area contributed by atoms with E-state index in [9.17, 15) is 14.4 Å². The number of halogens is 1. The Hall–Kier alpha value is -3.65. The fourth-order valence-electron chi connectivity index (χ4n) is 2.75. The summed E-state index contributed by atoms with van der Waals surface area (Å²) in [6.45, 7) is 2.31. The van der Waals surface area contributed by atoms with Crippen LogP contribution in [0.3, 0.4) is 0 Å². The number of para-hydroxylation sites is 1. The Morgan fingerprint density at radius 2 is 1.89 bits per heavy atom. The van der Waals surface area contributed by atoms with Crippen LogP contribution in [-0.4, -0.2) is 12.5 Å². The lowest BCUT2D eigenvalue weighted by Crippen LogP contribution is -2.14. The minimum Gasteiger partial charge on any atom is -0.493 e. The first-order chi connectivity index (χ1) is 13.1. The van der Waals surface area contributed by atoms with Gasteiger partial charge in [-0.2, -0.15) is 5.26 Å². The van der Waals surface area contributed by atoms with E-state index in [1.807, 2.05) is 43.3 Å². The van der Waals surface area contributed by atoms with Gasteiger partial charge < -0.3 is 10.1 Å². The van der Waals surface area contributed by atoms with Crippen molar-refractivity contribution in [2.45, 2.75) is 6.92 Å². The fraction of sp³-hybridized carbons (Fsp3) is 0.0909. The summed E-state index contributed by atoms with van der Waals surface area (Å²) in [5.74, 6) is -0.677. The molecule has 0 aliphatic rings.